The molecule has 0 unspecified atom stereocenters. The predicted molar refractivity (Wildman–Crippen MR) is 43.4 cm³/mol. The molecule has 12 heavy (non-hydrogen) atoms. The van der Waals surface area contributed by atoms with E-state index in [9.17, 15) is 9.59 Å². The van der Waals surface area contributed by atoms with Crippen molar-refractivity contribution in [1.82, 2.24) is 5.32 Å². The second-order valence-corrected chi connectivity index (χ2v) is 3.01. The minimum absolute atomic E-state index is 0.0205. The zero-order valence-corrected chi connectivity index (χ0v) is 6.59. The Kier molecular flexibility index (Phi) is 1.57. The van der Waals surface area contributed by atoms with E-state index < -0.39 is 0 Å². The Balaban J connectivity index is 2.35. The van der Waals surface area contributed by atoms with Gasteiger partial charge < -0.3 is 5.32 Å². The summed E-state index contributed by atoms with van der Waals surface area (Å²) in [5.74, 6) is -0.00824. The predicted octanol–water partition coefficient (Wildman–Crippen LogP) is 0.332. The minimum Gasteiger partial charge on any atom is -0.387 e. The Hall–Kier alpha value is -1.38. The molecule has 2 rings (SSSR count). The highest BCUT2D eigenvalue weighted by Gasteiger charge is 2.26. The average molecular weight is 163 g/mol. The molecule has 0 aromatic carbocycles. The molecule has 0 aromatic rings. The topological polar surface area (TPSA) is 46.2 Å². The molecular weight excluding hydrogens is 154 g/mol. The molecule has 1 saturated carbocycles. The van der Waals surface area contributed by atoms with Crippen LogP contribution in [0.2, 0.25) is 0 Å². The molecule has 1 N–H and O–H groups in total. The van der Waals surface area contributed by atoms with Crippen molar-refractivity contribution in [2.24, 2.45) is 0 Å². The summed E-state index contributed by atoms with van der Waals surface area (Å²) in [6, 6.07) is 0. The lowest BCUT2D eigenvalue weighted by molar-refractivity contribution is -0.125. The number of ketones is 2. The maximum absolute atomic E-state index is 11.3. The maximum atomic E-state index is 11.3. The number of hydrogen-bond acceptors (Lipinski definition) is 3. The molecule has 1 aliphatic carbocycles. The summed E-state index contributed by atoms with van der Waals surface area (Å²) in [4.78, 5) is 22.3. The molecule has 0 aromatic heterocycles. The Labute approximate surface area is 70.1 Å². The van der Waals surface area contributed by atoms with Gasteiger partial charge in [0, 0.05) is 24.7 Å². The van der Waals surface area contributed by atoms with Gasteiger partial charge in [0.1, 0.15) is 5.78 Å². The van der Waals surface area contributed by atoms with Gasteiger partial charge in [0.15, 0.2) is 5.78 Å². The third kappa shape index (κ3) is 1.07. The van der Waals surface area contributed by atoms with Crippen molar-refractivity contribution >= 4 is 11.6 Å². The smallest absolute Gasteiger partial charge is 0.170 e. The molecular formula is C9H9NO2. The lowest BCUT2D eigenvalue weighted by atomic mass is 9.87. The highest BCUT2D eigenvalue weighted by atomic mass is 16.1. The van der Waals surface area contributed by atoms with Crippen LogP contribution in [-0.2, 0) is 9.59 Å². The number of hydrogen-bond donors (Lipinski definition) is 1. The normalized spacial score (nSPS) is 22.3. The summed E-state index contributed by atoms with van der Waals surface area (Å²) in [6.45, 7) is 0.693. The zero-order valence-electron chi connectivity index (χ0n) is 6.59. The van der Waals surface area contributed by atoms with Crippen molar-refractivity contribution in [3.8, 4) is 0 Å². The summed E-state index contributed by atoms with van der Waals surface area (Å²) in [6.07, 6.45) is 4.11. The monoisotopic (exact) mass is 163 g/mol. The molecule has 3 heteroatoms. The first-order chi connectivity index (χ1) is 5.77. The number of carbonyl (C=O) groups is 2. The van der Waals surface area contributed by atoms with Crippen LogP contribution < -0.4 is 5.32 Å². The second-order valence-electron chi connectivity index (χ2n) is 3.01. The van der Waals surface area contributed by atoms with Crippen molar-refractivity contribution in [2.75, 3.05) is 6.54 Å². The molecule has 0 saturated heterocycles. The number of rotatable bonds is 0. The van der Waals surface area contributed by atoms with Gasteiger partial charge in [0.05, 0.1) is 6.42 Å². The Morgan fingerprint density at radius 2 is 2.08 bits per heavy atom. The van der Waals surface area contributed by atoms with Crippen molar-refractivity contribution in [1.29, 1.82) is 0 Å². The highest BCUT2D eigenvalue weighted by molar-refractivity contribution is 6.14. The molecule has 1 fully saturated rings. The summed E-state index contributed by atoms with van der Waals surface area (Å²) in [5, 5.41) is 2.98. The summed E-state index contributed by atoms with van der Waals surface area (Å²) in [5.41, 5.74) is 1.59. The Morgan fingerprint density at radius 1 is 1.25 bits per heavy atom. The fourth-order valence-corrected chi connectivity index (χ4v) is 1.54. The van der Waals surface area contributed by atoms with Gasteiger partial charge in [-0.05, 0) is 5.57 Å². The van der Waals surface area contributed by atoms with E-state index in [0.29, 0.717) is 13.0 Å². The molecule has 0 radical (unpaired) electrons. The Morgan fingerprint density at radius 3 is 2.92 bits per heavy atom. The Bertz CT molecular complexity index is 312. The standard InChI is InChI=1S/C9H9NO2/c11-7-3-6-5-10-2-1-8(6)9(12)4-7/h1,5,10H,2-4H2. The van der Waals surface area contributed by atoms with Crippen molar-refractivity contribution in [3.05, 3.63) is 23.4 Å². The second kappa shape index (κ2) is 2.59. The van der Waals surface area contributed by atoms with Gasteiger partial charge in [-0.2, -0.15) is 0 Å². The van der Waals surface area contributed by atoms with Gasteiger partial charge in [-0.25, -0.2) is 0 Å². The fraction of sp³-hybridized carbons (Fsp3) is 0.333. The quantitative estimate of drug-likeness (QED) is 0.523. The number of allylic oxidation sites excluding steroid dienone is 2. The SMILES string of the molecule is O=C1CC(=O)C2=CCNC=C2C1. The van der Waals surface area contributed by atoms with E-state index in [0.717, 1.165) is 11.1 Å². The first kappa shape index (κ1) is 7.28. The fourth-order valence-electron chi connectivity index (χ4n) is 1.54. The van der Waals surface area contributed by atoms with Crippen LogP contribution in [0.25, 0.3) is 0 Å². The van der Waals surface area contributed by atoms with Gasteiger partial charge in [-0.3, -0.25) is 9.59 Å². The van der Waals surface area contributed by atoms with Gasteiger partial charge in [0.25, 0.3) is 0 Å². The lowest BCUT2D eigenvalue weighted by Crippen LogP contribution is -2.25. The first-order valence-corrected chi connectivity index (χ1v) is 3.95. The number of Topliss-reactive ketones (excluding diaryl/α,β-unsaturated/α-hetero) is 2. The van der Waals surface area contributed by atoms with Crippen molar-refractivity contribution in [3.63, 3.8) is 0 Å². The van der Waals surface area contributed by atoms with E-state index in [1.54, 1.807) is 6.20 Å². The highest BCUT2D eigenvalue weighted by Crippen LogP contribution is 2.24. The molecule has 1 aliphatic heterocycles. The molecule has 0 atom stereocenters. The van der Waals surface area contributed by atoms with Gasteiger partial charge in [0.2, 0.25) is 0 Å². The largest absolute Gasteiger partial charge is 0.387 e. The van der Waals surface area contributed by atoms with Crippen LogP contribution in [0.1, 0.15) is 12.8 Å². The van der Waals surface area contributed by atoms with E-state index >= 15 is 0 Å². The number of carbonyl (C=O) groups excluding carboxylic acids is 2. The first-order valence-electron chi connectivity index (χ1n) is 3.95. The maximum Gasteiger partial charge on any atom is 0.170 e. The van der Waals surface area contributed by atoms with Crippen LogP contribution in [0.15, 0.2) is 23.4 Å². The summed E-state index contributed by atoms with van der Waals surface area (Å²) >= 11 is 0. The van der Waals surface area contributed by atoms with E-state index in [4.69, 9.17) is 0 Å². The van der Waals surface area contributed by atoms with Crippen molar-refractivity contribution in [2.45, 2.75) is 12.8 Å². The van der Waals surface area contributed by atoms with E-state index in [1.165, 1.54) is 0 Å². The number of dihydropyridines is 1. The van der Waals surface area contributed by atoms with Crippen LogP contribution in [0.4, 0.5) is 0 Å². The van der Waals surface area contributed by atoms with Crippen LogP contribution >= 0.6 is 0 Å². The van der Waals surface area contributed by atoms with E-state index in [2.05, 4.69) is 5.32 Å². The van der Waals surface area contributed by atoms with Crippen LogP contribution in [0.5, 0.6) is 0 Å². The van der Waals surface area contributed by atoms with Crippen LogP contribution in [0, 0.1) is 0 Å². The molecule has 62 valence electrons. The minimum atomic E-state index is -0.0287. The number of fused-ring (bicyclic) bond motifs is 1. The lowest BCUT2D eigenvalue weighted by Gasteiger charge is -2.19. The van der Waals surface area contributed by atoms with Gasteiger partial charge >= 0.3 is 0 Å². The van der Waals surface area contributed by atoms with Crippen LogP contribution in [0.3, 0.4) is 0 Å². The van der Waals surface area contributed by atoms with Gasteiger partial charge in [-0.15, -0.1) is 0 Å². The molecule has 0 amide bonds. The third-order valence-electron chi connectivity index (χ3n) is 2.09. The zero-order chi connectivity index (χ0) is 8.55. The molecule has 0 bridgehead atoms. The number of nitrogens with one attached hydrogen (secondary N) is 1. The third-order valence-corrected chi connectivity index (χ3v) is 2.09. The summed E-state index contributed by atoms with van der Waals surface area (Å²) in [7, 11) is 0. The molecule has 0 spiro atoms. The summed E-state index contributed by atoms with van der Waals surface area (Å²) < 4.78 is 0. The van der Waals surface area contributed by atoms with Crippen molar-refractivity contribution < 1.29 is 9.59 Å². The van der Waals surface area contributed by atoms with Gasteiger partial charge in [-0.1, -0.05) is 6.08 Å². The molecule has 3 nitrogen and oxygen atoms in total. The molecule has 2 aliphatic rings. The van der Waals surface area contributed by atoms with Crippen LogP contribution in [-0.4, -0.2) is 18.1 Å². The van der Waals surface area contributed by atoms with E-state index in [1.807, 2.05) is 6.08 Å². The molecule has 1 heterocycles. The average Bonchev–Trinajstić information content (AvgIpc) is 2.04. The van der Waals surface area contributed by atoms with E-state index in [-0.39, 0.29) is 18.0 Å².